The van der Waals surface area contributed by atoms with Gasteiger partial charge in [0.1, 0.15) is 0 Å². The van der Waals surface area contributed by atoms with Crippen molar-refractivity contribution in [1.82, 2.24) is 4.31 Å². The number of hydrogen-bond donors (Lipinski definition) is 0. The van der Waals surface area contributed by atoms with Crippen molar-refractivity contribution in [3.8, 4) is 0 Å². The highest BCUT2D eigenvalue weighted by Gasteiger charge is 2.39. The van der Waals surface area contributed by atoms with Crippen LogP contribution in [0.15, 0.2) is 69.1 Å². The molecule has 2 atom stereocenters. The van der Waals surface area contributed by atoms with Crippen LogP contribution in [0.25, 0.3) is 0 Å². The van der Waals surface area contributed by atoms with Crippen molar-refractivity contribution in [2.45, 2.75) is 40.0 Å². The van der Waals surface area contributed by atoms with Crippen LogP contribution in [-0.4, -0.2) is 43.4 Å². The van der Waals surface area contributed by atoms with Crippen molar-refractivity contribution in [2.75, 3.05) is 12.3 Å². The third kappa shape index (κ3) is 5.67. The van der Waals surface area contributed by atoms with Gasteiger partial charge in [-0.05, 0) is 49.9 Å². The minimum absolute atomic E-state index is 0.171. The average Bonchev–Trinajstić information content (AvgIpc) is 3.07. The molecule has 1 aliphatic heterocycles. The van der Waals surface area contributed by atoms with E-state index in [0.717, 1.165) is 17.5 Å². The zero-order chi connectivity index (χ0) is 21.9. The Morgan fingerprint density at radius 3 is 2.07 bits per heavy atom. The molecule has 3 rings (SSSR count). The van der Waals surface area contributed by atoms with Crippen molar-refractivity contribution in [1.29, 1.82) is 0 Å². The molecule has 0 bridgehead atoms. The van der Waals surface area contributed by atoms with Gasteiger partial charge in [0.2, 0.25) is 10.0 Å². The SMILES string of the molecule is Cc1ccc(S(=O)(=O)/C=C/SC[C@@H]2CC(I)CN2S(=O)(=O)c2ccc(C)cc2)cc1. The van der Waals surface area contributed by atoms with Gasteiger partial charge >= 0.3 is 0 Å². The molecule has 1 saturated heterocycles. The summed E-state index contributed by atoms with van der Waals surface area (Å²) in [7, 11) is -7.08. The lowest BCUT2D eigenvalue weighted by Gasteiger charge is -2.23. The maximum absolute atomic E-state index is 13.1. The summed E-state index contributed by atoms with van der Waals surface area (Å²) in [6.07, 6.45) is 0.747. The molecule has 30 heavy (non-hydrogen) atoms. The van der Waals surface area contributed by atoms with E-state index >= 15 is 0 Å². The summed E-state index contributed by atoms with van der Waals surface area (Å²) < 4.78 is 52.8. The Morgan fingerprint density at radius 1 is 0.967 bits per heavy atom. The summed E-state index contributed by atoms with van der Waals surface area (Å²) in [5, 5.41) is 2.74. The number of benzene rings is 2. The highest BCUT2D eigenvalue weighted by Crippen LogP contribution is 2.32. The van der Waals surface area contributed by atoms with Crippen LogP contribution in [0.2, 0.25) is 0 Å². The van der Waals surface area contributed by atoms with E-state index in [9.17, 15) is 16.8 Å². The molecule has 162 valence electrons. The average molecular weight is 578 g/mol. The van der Waals surface area contributed by atoms with Crippen LogP contribution in [-0.2, 0) is 19.9 Å². The number of halogens is 1. The normalized spacial score (nSPS) is 20.8. The highest BCUT2D eigenvalue weighted by atomic mass is 127. The van der Waals surface area contributed by atoms with E-state index in [0.29, 0.717) is 17.2 Å². The molecular formula is C21H24INO4S3. The van der Waals surface area contributed by atoms with Gasteiger partial charge in [-0.15, -0.1) is 11.8 Å². The van der Waals surface area contributed by atoms with Crippen molar-refractivity contribution in [2.24, 2.45) is 0 Å². The Balaban J connectivity index is 1.68. The van der Waals surface area contributed by atoms with Crippen LogP contribution < -0.4 is 0 Å². The quantitative estimate of drug-likeness (QED) is 0.357. The second kappa shape index (κ2) is 9.72. The standard InChI is InChI=1S/C21H24INO4S3/c1-16-3-7-20(8-4-16)29(24,25)12-11-28-15-19-13-18(22)14-23(19)30(26,27)21-9-5-17(2)6-10-21/h3-12,18-19H,13-15H2,1-2H3/b12-11+/t18?,19-/m0/s1. The zero-order valence-electron chi connectivity index (χ0n) is 16.7. The Bertz CT molecular complexity index is 1110. The summed E-state index contributed by atoms with van der Waals surface area (Å²) in [5.41, 5.74) is 2.01. The molecule has 1 fully saturated rings. The Morgan fingerprint density at radius 2 is 1.50 bits per heavy atom. The molecular weight excluding hydrogens is 553 g/mol. The smallest absolute Gasteiger partial charge is 0.219 e. The van der Waals surface area contributed by atoms with E-state index in [4.69, 9.17) is 0 Å². The number of hydrogen-bond acceptors (Lipinski definition) is 5. The first-order valence-electron chi connectivity index (χ1n) is 9.42. The number of alkyl halides is 1. The van der Waals surface area contributed by atoms with Gasteiger partial charge in [-0.1, -0.05) is 58.0 Å². The molecule has 2 aromatic carbocycles. The summed E-state index contributed by atoms with van der Waals surface area (Å²) >= 11 is 3.61. The number of nitrogens with zero attached hydrogens (tertiary/aromatic N) is 1. The molecule has 0 radical (unpaired) electrons. The maximum atomic E-state index is 13.1. The Kier molecular flexibility index (Phi) is 7.71. The van der Waals surface area contributed by atoms with E-state index in [1.807, 2.05) is 13.8 Å². The van der Waals surface area contributed by atoms with Crippen molar-refractivity contribution >= 4 is 54.2 Å². The molecule has 1 aliphatic rings. The number of aryl methyl sites for hydroxylation is 2. The first-order valence-corrected chi connectivity index (χ1v) is 14.7. The van der Waals surface area contributed by atoms with Crippen molar-refractivity contribution in [3.05, 3.63) is 70.5 Å². The molecule has 0 aliphatic carbocycles. The lowest BCUT2D eigenvalue weighted by Crippen LogP contribution is -2.37. The topological polar surface area (TPSA) is 71.5 Å². The van der Waals surface area contributed by atoms with E-state index in [1.54, 1.807) is 58.2 Å². The van der Waals surface area contributed by atoms with Gasteiger partial charge in [0, 0.05) is 27.7 Å². The minimum Gasteiger partial charge on any atom is -0.219 e. The monoisotopic (exact) mass is 577 g/mol. The summed E-state index contributed by atoms with van der Waals surface area (Å²) in [6, 6.07) is 13.4. The van der Waals surface area contributed by atoms with Crippen molar-refractivity contribution in [3.63, 3.8) is 0 Å². The van der Waals surface area contributed by atoms with Gasteiger partial charge in [0.15, 0.2) is 9.84 Å². The van der Waals surface area contributed by atoms with Gasteiger partial charge in [-0.3, -0.25) is 0 Å². The third-order valence-electron chi connectivity index (χ3n) is 4.91. The lowest BCUT2D eigenvalue weighted by molar-refractivity contribution is 0.413. The van der Waals surface area contributed by atoms with Gasteiger partial charge in [-0.25, -0.2) is 16.8 Å². The largest absolute Gasteiger partial charge is 0.243 e. The number of sulfone groups is 1. The van der Waals surface area contributed by atoms with Crippen LogP contribution in [0.5, 0.6) is 0 Å². The summed E-state index contributed by atoms with van der Waals surface area (Å²) in [6.45, 7) is 4.29. The molecule has 0 N–H and O–H groups in total. The van der Waals surface area contributed by atoms with Crippen LogP contribution in [0, 0.1) is 13.8 Å². The van der Waals surface area contributed by atoms with E-state index in [-0.39, 0.29) is 14.9 Å². The third-order valence-corrected chi connectivity index (χ3v) is 10.2. The first kappa shape index (κ1) is 23.8. The van der Waals surface area contributed by atoms with Crippen LogP contribution in [0.3, 0.4) is 0 Å². The van der Waals surface area contributed by atoms with E-state index < -0.39 is 19.9 Å². The molecule has 9 heteroatoms. The van der Waals surface area contributed by atoms with Crippen LogP contribution in [0.4, 0.5) is 0 Å². The fourth-order valence-electron chi connectivity index (χ4n) is 3.21. The van der Waals surface area contributed by atoms with Gasteiger partial charge in [0.25, 0.3) is 0 Å². The van der Waals surface area contributed by atoms with Gasteiger partial charge in [0.05, 0.1) is 9.79 Å². The fourth-order valence-corrected chi connectivity index (χ4v) is 8.48. The first-order chi connectivity index (χ1) is 14.1. The zero-order valence-corrected chi connectivity index (χ0v) is 21.3. The van der Waals surface area contributed by atoms with Gasteiger partial charge in [-0.2, -0.15) is 4.31 Å². The molecule has 1 unspecified atom stereocenters. The molecule has 1 heterocycles. The lowest BCUT2D eigenvalue weighted by atomic mass is 10.2. The molecule has 5 nitrogen and oxygen atoms in total. The molecule has 0 saturated carbocycles. The summed E-state index contributed by atoms with van der Waals surface area (Å²) in [5.74, 6) is 0.504. The van der Waals surface area contributed by atoms with Crippen LogP contribution in [0.1, 0.15) is 17.5 Å². The molecule has 0 amide bonds. The van der Waals surface area contributed by atoms with Crippen LogP contribution >= 0.6 is 34.4 Å². The predicted molar refractivity (Wildman–Crippen MR) is 131 cm³/mol. The summed E-state index contributed by atoms with van der Waals surface area (Å²) in [4.78, 5) is 0.549. The molecule has 0 aromatic heterocycles. The van der Waals surface area contributed by atoms with E-state index in [2.05, 4.69) is 22.6 Å². The fraction of sp³-hybridized carbons (Fsp3) is 0.333. The Labute approximate surface area is 197 Å². The number of rotatable bonds is 7. The maximum Gasteiger partial charge on any atom is 0.243 e. The minimum atomic E-state index is -3.58. The predicted octanol–water partition coefficient (Wildman–Crippen LogP) is 4.55. The second-order valence-electron chi connectivity index (χ2n) is 7.34. The highest BCUT2D eigenvalue weighted by molar-refractivity contribution is 14.1. The molecule has 0 spiro atoms. The molecule has 2 aromatic rings. The van der Waals surface area contributed by atoms with Crippen molar-refractivity contribution < 1.29 is 16.8 Å². The number of thioether (sulfide) groups is 1. The van der Waals surface area contributed by atoms with E-state index in [1.165, 1.54) is 17.2 Å². The Hall–Kier alpha value is -0.880. The second-order valence-corrected chi connectivity index (χ2v) is 13.8. The van der Waals surface area contributed by atoms with Gasteiger partial charge < -0.3 is 0 Å². The number of sulfonamides is 1.